The average Bonchev–Trinajstić information content (AvgIpc) is 3.06. The number of anilines is 1. The number of thiazole rings is 1. The highest BCUT2D eigenvalue weighted by Gasteiger charge is 2.10. The maximum Gasteiger partial charge on any atom is 0.321 e. The van der Waals surface area contributed by atoms with Crippen molar-refractivity contribution in [1.82, 2.24) is 14.9 Å². The predicted octanol–water partition coefficient (Wildman–Crippen LogP) is 2.77. The maximum absolute atomic E-state index is 11.9. The summed E-state index contributed by atoms with van der Waals surface area (Å²) in [6.45, 7) is 2.45. The van der Waals surface area contributed by atoms with Gasteiger partial charge in [0.2, 0.25) is 0 Å². The van der Waals surface area contributed by atoms with Gasteiger partial charge in [0.1, 0.15) is 0 Å². The van der Waals surface area contributed by atoms with Crippen LogP contribution in [0.15, 0.2) is 23.7 Å². The Bertz CT molecular complexity index is 608. The standard InChI is InChI=1S/C15H22N4O2S/c1-11(6-7-13-5-4-8-19(13)2)16-14(20)18-15-17-12(9-21-3)10-22-15/h4-5,8,10-11H,6-7,9H2,1-3H3,(H2,16,17,18,20)/t11-/m1/s1. The summed E-state index contributed by atoms with van der Waals surface area (Å²) in [5.74, 6) is 0. The van der Waals surface area contributed by atoms with E-state index in [0.717, 1.165) is 18.5 Å². The monoisotopic (exact) mass is 322 g/mol. The molecule has 2 aromatic rings. The van der Waals surface area contributed by atoms with Crippen LogP contribution in [0.3, 0.4) is 0 Å². The third kappa shape index (κ3) is 4.85. The summed E-state index contributed by atoms with van der Waals surface area (Å²) in [4.78, 5) is 16.2. The Labute approximate surface area is 134 Å². The Kier molecular flexibility index (Phi) is 5.97. The molecule has 7 heteroatoms. The van der Waals surface area contributed by atoms with E-state index in [-0.39, 0.29) is 12.1 Å². The van der Waals surface area contributed by atoms with Gasteiger partial charge in [-0.15, -0.1) is 11.3 Å². The van der Waals surface area contributed by atoms with Crippen LogP contribution < -0.4 is 10.6 Å². The van der Waals surface area contributed by atoms with Gasteiger partial charge < -0.3 is 14.6 Å². The van der Waals surface area contributed by atoms with Gasteiger partial charge in [0, 0.05) is 37.5 Å². The van der Waals surface area contributed by atoms with Gasteiger partial charge in [-0.2, -0.15) is 0 Å². The second-order valence-corrected chi connectivity index (χ2v) is 6.08. The second-order valence-electron chi connectivity index (χ2n) is 5.23. The lowest BCUT2D eigenvalue weighted by Crippen LogP contribution is -2.36. The van der Waals surface area contributed by atoms with Crippen molar-refractivity contribution in [2.75, 3.05) is 12.4 Å². The van der Waals surface area contributed by atoms with Gasteiger partial charge >= 0.3 is 6.03 Å². The molecule has 0 aliphatic rings. The van der Waals surface area contributed by atoms with Crippen LogP contribution in [0.4, 0.5) is 9.93 Å². The first-order chi connectivity index (χ1) is 10.6. The minimum Gasteiger partial charge on any atom is -0.378 e. The van der Waals surface area contributed by atoms with Gasteiger partial charge in [0.25, 0.3) is 0 Å². The van der Waals surface area contributed by atoms with Crippen LogP contribution in [0.1, 0.15) is 24.7 Å². The molecule has 0 saturated carbocycles. The number of urea groups is 1. The molecule has 2 aromatic heterocycles. The third-order valence-electron chi connectivity index (χ3n) is 3.33. The molecule has 0 aliphatic carbocycles. The summed E-state index contributed by atoms with van der Waals surface area (Å²) in [6, 6.07) is 3.99. The number of aromatic nitrogens is 2. The highest BCUT2D eigenvalue weighted by atomic mass is 32.1. The summed E-state index contributed by atoms with van der Waals surface area (Å²) in [5, 5.41) is 8.14. The first-order valence-electron chi connectivity index (χ1n) is 7.19. The number of rotatable bonds is 7. The normalized spacial score (nSPS) is 12.1. The summed E-state index contributed by atoms with van der Waals surface area (Å²) in [7, 11) is 3.65. The van der Waals surface area contributed by atoms with Crippen LogP contribution in [0, 0.1) is 0 Å². The van der Waals surface area contributed by atoms with Gasteiger partial charge in [0.05, 0.1) is 12.3 Å². The molecule has 0 aliphatic heterocycles. The smallest absolute Gasteiger partial charge is 0.321 e. The number of ether oxygens (including phenoxy) is 1. The van der Waals surface area contributed by atoms with Crippen LogP contribution in [-0.4, -0.2) is 28.7 Å². The van der Waals surface area contributed by atoms with Crippen molar-refractivity contribution in [3.05, 3.63) is 35.1 Å². The molecule has 120 valence electrons. The van der Waals surface area contributed by atoms with E-state index in [0.29, 0.717) is 11.7 Å². The minimum atomic E-state index is -0.224. The first-order valence-corrected chi connectivity index (χ1v) is 8.07. The Morgan fingerprint density at radius 3 is 3.05 bits per heavy atom. The van der Waals surface area contributed by atoms with Gasteiger partial charge in [-0.3, -0.25) is 5.32 Å². The van der Waals surface area contributed by atoms with Crippen molar-refractivity contribution < 1.29 is 9.53 Å². The number of carbonyl (C=O) groups is 1. The molecule has 2 heterocycles. The average molecular weight is 322 g/mol. The highest BCUT2D eigenvalue weighted by Crippen LogP contribution is 2.15. The molecule has 0 fully saturated rings. The van der Waals surface area contributed by atoms with E-state index in [1.54, 1.807) is 7.11 Å². The molecule has 6 nitrogen and oxygen atoms in total. The third-order valence-corrected chi connectivity index (χ3v) is 4.13. The molecule has 0 bridgehead atoms. The van der Waals surface area contributed by atoms with Crippen LogP contribution in [-0.2, 0) is 24.8 Å². The summed E-state index contributed by atoms with van der Waals surface area (Å²) in [5.41, 5.74) is 2.08. The van der Waals surface area contributed by atoms with Crippen molar-refractivity contribution in [3.63, 3.8) is 0 Å². The topological polar surface area (TPSA) is 68.2 Å². The zero-order valence-corrected chi connectivity index (χ0v) is 13.9. The molecular weight excluding hydrogens is 300 g/mol. The number of hydrogen-bond donors (Lipinski definition) is 2. The fraction of sp³-hybridized carbons (Fsp3) is 0.467. The molecule has 2 rings (SSSR count). The lowest BCUT2D eigenvalue weighted by molar-refractivity contribution is 0.182. The van der Waals surface area contributed by atoms with E-state index >= 15 is 0 Å². The molecular formula is C15H22N4O2S. The Balaban J connectivity index is 1.74. The minimum absolute atomic E-state index is 0.0910. The molecule has 1 atom stereocenters. The Morgan fingerprint density at radius 2 is 2.36 bits per heavy atom. The van der Waals surface area contributed by atoms with Crippen molar-refractivity contribution in [3.8, 4) is 0 Å². The SMILES string of the molecule is COCc1csc(NC(=O)N[C@H](C)CCc2cccn2C)n1. The summed E-state index contributed by atoms with van der Waals surface area (Å²) < 4.78 is 7.10. The predicted molar refractivity (Wildman–Crippen MR) is 88.2 cm³/mol. The number of carbonyl (C=O) groups excluding carboxylic acids is 1. The van der Waals surface area contributed by atoms with Gasteiger partial charge in [-0.05, 0) is 31.9 Å². The van der Waals surface area contributed by atoms with Crippen LogP contribution >= 0.6 is 11.3 Å². The van der Waals surface area contributed by atoms with E-state index in [2.05, 4.69) is 26.3 Å². The zero-order valence-electron chi connectivity index (χ0n) is 13.1. The Morgan fingerprint density at radius 1 is 1.55 bits per heavy atom. The molecule has 0 aromatic carbocycles. The number of hydrogen-bond acceptors (Lipinski definition) is 4. The first kappa shape index (κ1) is 16.5. The molecule has 2 amide bonds. The highest BCUT2D eigenvalue weighted by molar-refractivity contribution is 7.13. The van der Waals surface area contributed by atoms with Crippen molar-refractivity contribution in [2.45, 2.75) is 32.4 Å². The van der Waals surface area contributed by atoms with Crippen molar-refractivity contribution in [2.24, 2.45) is 7.05 Å². The van der Waals surface area contributed by atoms with E-state index in [1.165, 1.54) is 17.0 Å². The number of methoxy groups -OCH3 is 1. The molecule has 0 spiro atoms. The summed E-state index contributed by atoms with van der Waals surface area (Å²) >= 11 is 1.39. The quantitative estimate of drug-likeness (QED) is 0.823. The largest absolute Gasteiger partial charge is 0.378 e. The van der Waals surface area contributed by atoms with Gasteiger partial charge in [-0.1, -0.05) is 0 Å². The molecule has 0 saturated heterocycles. The van der Waals surface area contributed by atoms with E-state index in [9.17, 15) is 4.79 Å². The fourth-order valence-corrected chi connectivity index (χ4v) is 2.82. The van der Waals surface area contributed by atoms with E-state index < -0.39 is 0 Å². The maximum atomic E-state index is 11.9. The van der Waals surface area contributed by atoms with Crippen LogP contribution in [0.5, 0.6) is 0 Å². The second kappa shape index (κ2) is 7.95. The lowest BCUT2D eigenvalue weighted by Gasteiger charge is -2.14. The number of amides is 2. The van der Waals surface area contributed by atoms with Gasteiger partial charge in [0.15, 0.2) is 5.13 Å². The summed E-state index contributed by atoms with van der Waals surface area (Å²) in [6.07, 6.45) is 3.85. The number of nitrogens with one attached hydrogen (secondary N) is 2. The van der Waals surface area contributed by atoms with Gasteiger partial charge in [-0.25, -0.2) is 9.78 Å². The fourth-order valence-electron chi connectivity index (χ4n) is 2.13. The molecule has 22 heavy (non-hydrogen) atoms. The van der Waals surface area contributed by atoms with E-state index in [1.807, 2.05) is 31.6 Å². The zero-order chi connectivity index (χ0) is 15.9. The van der Waals surface area contributed by atoms with Crippen molar-refractivity contribution in [1.29, 1.82) is 0 Å². The van der Waals surface area contributed by atoms with Crippen LogP contribution in [0.25, 0.3) is 0 Å². The van der Waals surface area contributed by atoms with Crippen LogP contribution in [0.2, 0.25) is 0 Å². The number of nitrogens with zero attached hydrogens (tertiary/aromatic N) is 2. The molecule has 2 N–H and O–H groups in total. The molecule has 0 radical (unpaired) electrons. The lowest BCUT2D eigenvalue weighted by atomic mass is 10.1. The van der Waals surface area contributed by atoms with Crippen molar-refractivity contribution >= 4 is 22.5 Å². The Hall–Kier alpha value is -1.86. The van der Waals surface area contributed by atoms with E-state index in [4.69, 9.17) is 4.74 Å². The number of aryl methyl sites for hydroxylation is 2. The molecule has 0 unspecified atom stereocenters.